The number of nitrogens with zero attached hydrogens (tertiary/aromatic N) is 2. The predicted octanol–water partition coefficient (Wildman–Crippen LogP) is 3.56. The van der Waals surface area contributed by atoms with Crippen molar-refractivity contribution in [1.29, 1.82) is 0 Å². The van der Waals surface area contributed by atoms with Crippen molar-refractivity contribution in [3.8, 4) is 16.9 Å². The van der Waals surface area contributed by atoms with E-state index in [-0.39, 0.29) is 19.1 Å². The van der Waals surface area contributed by atoms with Gasteiger partial charge in [0, 0.05) is 12.4 Å². The van der Waals surface area contributed by atoms with E-state index in [1.807, 2.05) is 56.3 Å². The van der Waals surface area contributed by atoms with Crippen molar-refractivity contribution in [3.05, 3.63) is 72.8 Å². The molecule has 0 aliphatic rings. The number of carbonyl (C=O) groups is 2. The van der Waals surface area contributed by atoms with Gasteiger partial charge in [-0.15, -0.1) is 0 Å². The van der Waals surface area contributed by atoms with Crippen molar-refractivity contribution in [2.75, 3.05) is 13.7 Å². The maximum absolute atomic E-state index is 13.0. The summed E-state index contributed by atoms with van der Waals surface area (Å²) in [6, 6.07) is 14.3. The summed E-state index contributed by atoms with van der Waals surface area (Å²) in [4.78, 5) is 29.7. The molecule has 0 bridgehead atoms. The van der Waals surface area contributed by atoms with Crippen molar-refractivity contribution in [1.82, 2.24) is 14.9 Å². The smallest absolute Gasteiger partial charge is 0.330 e. The fourth-order valence-corrected chi connectivity index (χ4v) is 3.06. The second-order valence-corrected chi connectivity index (χ2v) is 7.59. The Morgan fingerprint density at radius 2 is 1.87 bits per heavy atom. The Balaban J connectivity index is 1.80. The maximum Gasteiger partial charge on any atom is 0.330 e. The third-order valence-corrected chi connectivity index (χ3v) is 4.65. The van der Waals surface area contributed by atoms with Gasteiger partial charge >= 0.3 is 5.97 Å². The van der Waals surface area contributed by atoms with Crippen molar-refractivity contribution in [2.45, 2.75) is 26.4 Å². The zero-order valence-corrected chi connectivity index (χ0v) is 17.9. The largest absolute Gasteiger partial charge is 0.496 e. The molecular weight excluding hydrogens is 394 g/mol. The molecule has 31 heavy (non-hydrogen) atoms. The molecule has 3 aromatic rings. The fraction of sp³-hybridized carbons (Fsp3) is 0.292. The minimum atomic E-state index is -0.862. The molecule has 1 aromatic heterocycles. The van der Waals surface area contributed by atoms with Gasteiger partial charge in [0.25, 0.3) is 5.91 Å². The minimum absolute atomic E-state index is 0.194. The molecule has 3 rings (SSSR count). The Morgan fingerprint density at radius 3 is 2.52 bits per heavy atom. The molecule has 0 spiro atoms. The third kappa shape index (κ3) is 5.94. The van der Waals surface area contributed by atoms with Crippen LogP contribution in [0, 0.1) is 5.92 Å². The van der Waals surface area contributed by atoms with E-state index in [9.17, 15) is 9.59 Å². The lowest BCUT2D eigenvalue weighted by Gasteiger charge is -2.20. The molecule has 0 fully saturated rings. The van der Waals surface area contributed by atoms with E-state index in [2.05, 4.69) is 10.3 Å². The molecule has 0 saturated carbocycles. The monoisotopic (exact) mass is 421 g/mol. The molecule has 2 aromatic carbocycles. The summed E-state index contributed by atoms with van der Waals surface area (Å²) in [5.41, 5.74) is 2.29. The number of benzene rings is 2. The van der Waals surface area contributed by atoms with Gasteiger partial charge in [0.2, 0.25) is 0 Å². The van der Waals surface area contributed by atoms with E-state index in [0.717, 1.165) is 11.1 Å². The molecule has 1 atom stereocenters. The van der Waals surface area contributed by atoms with E-state index in [4.69, 9.17) is 9.47 Å². The van der Waals surface area contributed by atoms with Crippen LogP contribution in [0.5, 0.6) is 5.75 Å². The number of methoxy groups -OCH3 is 1. The Morgan fingerprint density at radius 1 is 1.10 bits per heavy atom. The molecular formula is C24H27N3O4. The summed E-state index contributed by atoms with van der Waals surface area (Å²) in [5.74, 6) is -0.284. The van der Waals surface area contributed by atoms with E-state index >= 15 is 0 Å². The lowest BCUT2D eigenvalue weighted by atomic mass is 10.0. The van der Waals surface area contributed by atoms with Crippen LogP contribution in [-0.4, -0.2) is 41.2 Å². The number of esters is 1. The van der Waals surface area contributed by atoms with Crippen molar-refractivity contribution >= 4 is 11.9 Å². The molecule has 7 nitrogen and oxygen atoms in total. The van der Waals surface area contributed by atoms with Crippen LogP contribution in [0.4, 0.5) is 0 Å². The van der Waals surface area contributed by atoms with Crippen LogP contribution in [0.3, 0.4) is 0 Å². The maximum atomic E-state index is 13.0. The molecule has 162 valence electrons. The first kappa shape index (κ1) is 22.1. The molecule has 0 saturated heterocycles. The quantitative estimate of drug-likeness (QED) is 0.534. The highest BCUT2D eigenvalue weighted by Crippen LogP contribution is 2.27. The fourth-order valence-electron chi connectivity index (χ4n) is 3.06. The van der Waals surface area contributed by atoms with E-state index < -0.39 is 17.9 Å². The van der Waals surface area contributed by atoms with Gasteiger partial charge < -0.3 is 19.4 Å². The Kier molecular flexibility index (Phi) is 7.43. The number of aromatic nitrogens is 2. The summed E-state index contributed by atoms with van der Waals surface area (Å²) in [6.45, 7) is 4.41. The van der Waals surface area contributed by atoms with E-state index in [0.29, 0.717) is 11.3 Å². The van der Waals surface area contributed by atoms with Crippen LogP contribution >= 0.6 is 0 Å². The van der Waals surface area contributed by atoms with Crippen molar-refractivity contribution in [2.24, 2.45) is 5.92 Å². The summed E-state index contributed by atoms with van der Waals surface area (Å²) >= 11 is 0. The SMILES string of the molecule is COc1cc(-c2ccccc2)ccc1C(=O)N[C@@H](Cn1ccnc1)C(=O)OCC(C)C. The van der Waals surface area contributed by atoms with Crippen LogP contribution in [0.25, 0.3) is 11.1 Å². The van der Waals surface area contributed by atoms with Crippen LogP contribution in [0.1, 0.15) is 24.2 Å². The highest BCUT2D eigenvalue weighted by molar-refractivity contribution is 5.99. The molecule has 1 N–H and O–H groups in total. The van der Waals surface area contributed by atoms with Gasteiger partial charge in [-0.05, 0) is 29.2 Å². The second-order valence-electron chi connectivity index (χ2n) is 7.59. The standard InChI is InChI=1S/C24H27N3O4/c1-17(2)15-31-24(29)21(14-27-12-11-25-16-27)26-23(28)20-10-9-19(13-22(20)30-3)18-7-5-4-6-8-18/h4-13,16-17,21H,14-15H2,1-3H3,(H,26,28)/t21-/m0/s1. The number of rotatable bonds is 9. The summed E-state index contributed by atoms with van der Waals surface area (Å²) in [7, 11) is 1.51. The Bertz CT molecular complexity index is 1000. The zero-order valence-electron chi connectivity index (χ0n) is 17.9. The van der Waals surface area contributed by atoms with Crippen LogP contribution in [-0.2, 0) is 16.1 Å². The highest BCUT2D eigenvalue weighted by atomic mass is 16.5. The summed E-state index contributed by atoms with van der Waals surface area (Å²) in [5, 5.41) is 2.79. The van der Waals surface area contributed by atoms with Gasteiger partial charge in [-0.2, -0.15) is 0 Å². The number of hydrogen-bond acceptors (Lipinski definition) is 5. The van der Waals surface area contributed by atoms with Gasteiger partial charge in [-0.1, -0.05) is 50.2 Å². The van der Waals surface area contributed by atoms with Gasteiger partial charge in [0.15, 0.2) is 0 Å². The number of hydrogen-bond donors (Lipinski definition) is 1. The van der Waals surface area contributed by atoms with E-state index in [1.54, 1.807) is 29.4 Å². The lowest BCUT2D eigenvalue weighted by molar-refractivity contribution is -0.147. The van der Waals surface area contributed by atoms with Crippen LogP contribution < -0.4 is 10.1 Å². The molecule has 0 unspecified atom stereocenters. The summed E-state index contributed by atoms with van der Waals surface area (Å²) < 4.78 is 12.5. The number of ether oxygens (including phenoxy) is 2. The molecule has 1 heterocycles. The minimum Gasteiger partial charge on any atom is -0.496 e. The Labute approximate surface area is 182 Å². The Hall–Kier alpha value is -3.61. The average molecular weight is 421 g/mol. The molecule has 1 amide bonds. The number of nitrogens with one attached hydrogen (secondary N) is 1. The topological polar surface area (TPSA) is 82.5 Å². The first-order valence-corrected chi connectivity index (χ1v) is 10.1. The third-order valence-electron chi connectivity index (χ3n) is 4.65. The zero-order chi connectivity index (χ0) is 22.2. The predicted molar refractivity (Wildman–Crippen MR) is 118 cm³/mol. The number of imidazole rings is 1. The molecule has 7 heteroatoms. The van der Waals surface area contributed by atoms with Crippen LogP contribution in [0.2, 0.25) is 0 Å². The molecule has 0 radical (unpaired) electrons. The van der Waals surface area contributed by atoms with Crippen molar-refractivity contribution in [3.63, 3.8) is 0 Å². The lowest BCUT2D eigenvalue weighted by Crippen LogP contribution is -2.45. The van der Waals surface area contributed by atoms with Gasteiger partial charge in [0.05, 0.1) is 32.2 Å². The first-order valence-electron chi connectivity index (χ1n) is 10.1. The highest BCUT2D eigenvalue weighted by Gasteiger charge is 2.25. The van der Waals surface area contributed by atoms with Crippen molar-refractivity contribution < 1.29 is 19.1 Å². The summed E-state index contributed by atoms with van der Waals surface area (Å²) in [6.07, 6.45) is 4.93. The second kappa shape index (κ2) is 10.4. The van der Waals surface area contributed by atoms with Gasteiger partial charge in [-0.25, -0.2) is 9.78 Å². The van der Waals surface area contributed by atoms with Gasteiger partial charge in [0.1, 0.15) is 11.8 Å². The number of amides is 1. The molecule has 0 aliphatic carbocycles. The molecule has 0 aliphatic heterocycles. The number of carbonyl (C=O) groups excluding carboxylic acids is 2. The van der Waals surface area contributed by atoms with Crippen LogP contribution in [0.15, 0.2) is 67.3 Å². The first-order chi connectivity index (χ1) is 15.0. The average Bonchev–Trinajstić information content (AvgIpc) is 3.30. The van der Waals surface area contributed by atoms with Gasteiger partial charge in [-0.3, -0.25) is 4.79 Å². The normalized spacial score (nSPS) is 11.7. The van der Waals surface area contributed by atoms with E-state index in [1.165, 1.54) is 7.11 Å².